The molecule has 0 aliphatic rings. The Morgan fingerprint density at radius 3 is 2.25 bits per heavy atom. The highest BCUT2D eigenvalue weighted by Gasteiger charge is 2.10. The van der Waals surface area contributed by atoms with Crippen LogP contribution in [0.5, 0.6) is 0 Å². The highest BCUT2D eigenvalue weighted by molar-refractivity contribution is 5.85. The Kier molecular flexibility index (Phi) is 10.5. The minimum atomic E-state index is -0.136. The Morgan fingerprint density at radius 2 is 1.92 bits per heavy atom. The molecule has 0 aromatic carbocycles. The lowest BCUT2D eigenvalue weighted by atomic mass is 9.98. The van der Waals surface area contributed by atoms with Gasteiger partial charge < -0.3 is 5.73 Å². The van der Waals surface area contributed by atoms with Crippen molar-refractivity contribution in [1.29, 1.82) is 0 Å². The molecule has 0 aromatic heterocycles. The van der Waals surface area contributed by atoms with Crippen LogP contribution in [0.2, 0.25) is 0 Å². The molecule has 74 valence electrons. The van der Waals surface area contributed by atoms with Crippen molar-refractivity contribution in [2.45, 2.75) is 46.0 Å². The van der Waals surface area contributed by atoms with E-state index in [-0.39, 0.29) is 24.2 Å². The summed E-state index contributed by atoms with van der Waals surface area (Å²) in [6.45, 7) is 4.17. The molecule has 1 atom stereocenters. The van der Waals surface area contributed by atoms with Crippen LogP contribution in [-0.2, 0) is 4.79 Å². The van der Waals surface area contributed by atoms with Gasteiger partial charge in [-0.05, 0) is 12.8 Å². The zero-order valence-electron chi connectivity index (χ0n) is 8.01. The first kappa shape index (κ1) is 14.3. The monoisotopic (exact) mass is 193 g/mol. The molecule has 1 unspecified atom stereocenters. The van der Waals surface area contributed by atoms with Crippen LogP contribution in [0.25, 0.3) is 0 Å². The van der Waals surface area contributed by atoms with E-state index in [0.717, 1.165) is 19.3 Å². The number of hydrogen-bond acceptors (Lipinski definition) is 1. The van der Waals surface area contributed by atoms with Gasteiger partial charge in [-0.2, -0.15) is 0 Å². The van der Waals surface area contributed by atoms with Gasteiger partial charge in [0.1, 0.15) is 0 Å². The zero-order chi connectivity index (χ0) is 8.69. The first-order valence-corrected chi connectivity index (χ1v) is 4.51. The quantitative estimate of drug-likeness (QED) is 0.648. The highest BCUT2D eigenvalue weighted by atomic mass is 35.5. The summed E-state index contributed by atoms with van der Waals surface area (Å²) >= 11 is 0. The second kappa shape index (κ2) is 8.85. The Balaban J connectivity index is 0. The Morgan fingerprint density at radius 1 is 1.33 bits per heavy atom. The van der Waals surface area contributed by atoms with Crippen molar-refractivity contribution in [2.24, 2.45) is 11.7 Å². The topological polar surface area (TPSA) is 43.1 Å². The second-order valence-corrected chi connectivity index (χ2v) is 3.00. The molecule has 0 saturated carbocycles. The van der Waals surface area contributed by atoms with Crippen LogP contribution in [0.15, 0.2) is 0 Å². The van der Waals surface area contributed by atoms with Crippen LogP contribution in [0.4, 0.5) is 0 Å². The summed E-state index contributed by atoms with van der Waals surface area (Å²) in [5, 5.41) is 0. The molecule has 12 heavy (non-hydrogen) atoms. The smallest absolute Gasteiger partial charge is 0.220 e. The van der Waals surface area contributed by atoms with E-state index in [2.05, 4.69) is 6.92 Å². The predicted octanol–water partition coefficient (Wildman–Crippen LogP) is 2.50. The van der Waals surface area contributed by atoms with Gasteiger partial charge in [0.25, 0.3) is 0 Å². The van der Waals surface area contributed by atoms with Crippen molar-refractivity contribution in [3.63, 3.8) is 0 Å². The summed E-state index contributed by atoms with van der Waals surface area (Å²) in [4.78, 5) is 10.7. The van der Waals surface area contributed by atoms with E-state index in [4.69, 9.17) is 5.73 Å². The van der Waals surface area contributed by atoms with E-state index < -0.39 is 0 Å². The van der Waals surface area contributed by atoms with Gasteiger partial charge in [-0.1, -0.05) is 33.1 Å². The lowest BCUT2D eigenvalue weighted by molar-refractivity contribution is -0.122. The third kappa shape index (κ3) is 6.47. The average Bonchev–Trinajstić information content (AvgIpc) is 1.97. The first-order chi connectivity index (χ1) is 5.22. The summed E-state index contributed by atoms with van der Waals surface area (Å²) in [5.41, 5.74) is 5.19. The molecule has 2 nitrogen and oxygen atoms in total. The highest BCUT2D eigenvalue weighted by Crippen LogP contribution is 2.12. The number of carbonyl (C=O) groups excluding carboxylic acids is 1. The summed E-state index contributed by atoms with van der Waals surface area (Å²) < 4.78 is 0. The van der Waals surface area contributed by atoms with Crippen LogP contribution in [0.1, 0.15) is 46.0 Å². The van der Waals surface area contributed by atoms with E-state index in [1.165, 1.54) is 12.8 Å². The summed E-state index contributed by atoms with van der Waals surface area (Å²) in [6.07, 6.45) is 5.41. The van der Waals surface area contributed by atoms with Crippen molar-refractivity contribution in [3.05, 3.63) is 0 Å². The molecule has 0 heterocycles. The van der Waals surface area contributed by atoms with Crippen molar-refractivity contribution >= 4 is 18.3 Å². The molecule has 0 aromatic rings. The minimum Gasteiger partial charge on any atom is -0.369 e. The normalized spacial score (nSPS) is 11.8. The number of rotatable bonds is 6. The van der Waals surface area contributed by atoms with Crippen molar-refractivity contribution < 1.29 is 4.79 Å². The van der Waals surface area contributed by atoms with E-state index in [0.29, 0.717) is 0 Å². The SMILES string of the molecule is CCCCCC(CC)C(N)=O.Cl. The van der Waals surface area contributed by atoms with Gasteiger partial charge in [-0.3, -0.25) is 4.79 Å². The number of hydrogen-bond donors (Lipinski definition) is 1. The standard InChI is InChI=1S/C9H19NO.ClH/c1-3-5-6-7-8(4-2)9(10)11;/h8H,3-7H2,1-2H3,(H2,10,11);1H. The number of carbonyl (C=O) groups is 1. The summed E-state index contributed by atoms with van der Waals surface area (Å²) in [6, 6.07) is 0. The van der Waals surface area contributed by atoms with Gasteiger partial charge in [0.2, 0.25) is 5.91 Å². The maximum atomic E-state index is 10.7. The van der Waals surface area contributed by atoms with E-state index >= 15 is 0 Å². The van der Waals surface area contributed by atoms with Gasteiger partial charge >= 0.3 is 0 Å². The molecule has 1 amide bonds. The van der Waals surface area contributed by atoms with Crippen LogP contribution in [0.3, 0.4) is 0 Å². The Labute approximate surface area is 81.3 Å². The predicted molar refractivity (Wildman–Crippen MR) is 54.4 cm³/mol. The number of amides is 1. The Bertz CT molecular complexity index is 117. The number of unbranched alkanes of at least 4 members (excludes halogenated alkanes) is 2. The van der Waals surface area contributed by atoms with Gasteiger partial charge in [0.15, 0.2) is 0 Å². The van der Waals surface area contributed by atoms with Crippen LogP contribution < -0.4 is 5.73 Å². The Hall–Kier alpha value is -0.240. The van der Waals surface area contributed by atoms with Crippen molar-refractivity contribution in [3.8, 4) is 0 Å². The van der Waals surface area contributed by atoms with E-state index in [1.54, 1.807) is 0 Å². The molecule has 0 fully saturated rings. The second-order valence-electron chi connectivity index (χ2n) is 3.00. The lowest BCUT2D eigenvalue weighted by Gasteiger charge is -2.08. The molecular formula is C9H20ClNO. The third-order valence-electron chi connectivity index (χ3n) is 2.05. The molecule has 0 spiro atoms. The molecule has 0 radical (unpaired) electrons. The van der Waals surface area contributed by atoms with E-state index in [9.17, 15) is 4.79 Å². The van der Waals surface area contributed by atoms with Crippen molar-refractivity contribution in [2.75, 3.05) is 0 Å². The van der Waals surface area contributed by atoms with Crippen LogP contribution in [-0.4, -0.2) is 5.91 Å². The molecule has 0 aliphatic carbocycles. The number of nitrogens with two attached hydrogens (primary N) is 1. The van der Waals surface area contributed by atoms with Gasteiger partial charge in [-0.25, -0.2) is 0 Å². The molecule has 2 N–H and O–H groups in total. The molecule has 0 bridgehead atoms. The van der Waals surface area contributed by atoms with Crippen molar-refractivity contribution in [1.82, 2.24) is 0 Å². The average molecular weight is 194 g/mol. The largest absolute Gasteiger partial charge is 0.369 e. The number of primary amides is 1. The molecule has 3 heteroatoms. The van der Waals surface area contributed by atoms with Gasteiger partial charge in [0.05, 0.1) is 0 Å². The lowest BCUT2D eigenvalue weighted by Crippen LogP contribution is -2.22. The maximum absolute atomic E-state index is 10.7. The van der Waals surface area contributed by atoms with Gasteiger partial charge in [-0.15, -0.1) is 12.4 Å². The fourth-order valence-corrected chi connectivity index (χ4v) is 1.19. The summed E-state index contributed by atoms with van der Waals surface area (Å²) in [5.74, 6) is -0.0230. The minimum absolute atomic E-state index is 0. The fourth-order valence-electron chi connectivity index (χ4n) is 1.19. The molecule has 0 saturated heterocycles. The first-order valence-electron chi connectivity index (χ1n) is 4.51. The molecular weight excluding hydrogens is 174 g/mol. The molecule has 0 aliphatic heterocycles. The van der Waals surface area contributed by atoms with Crippen LogP contribution >= 0.6 is 12.4 Å². The summed E-state index contributed by atoms with van der Waals surface area (Å²) in [7, 11) is 0. The van der Waals surface area contributed by atoms with Gasteiger partial charge in [0, 0.05) is 5.92 Å². The molecule has 0 rings (SSSR count). The third-order valence-corrected chi connectivity index (χ3v) is 2.05. The maximum Gasteiger partial charge on any atom is 0.220 e. The van der Waals surface area contributed by atoms with Crippen LogP contribution in [0, 0.1) is 5.92 Å². The number of halogens is 1. The fraction of sp³-hybridized carbons (Fsp3) is 0.889. The van der Waals surface area contributed by atoms with E-state index in [1.807, 2.05) is 6.92 Å². The zero-order valence-corrected chi connectivity index (χ0v) is 8.82.